The average Bonchev–Trinajstić information content (AvgIpc) is 2.34. The SMILES string of the molecule is O=C(N[C@@H]1CCCNC1)c1ccc(F)c(Cl)c1. The van der Waals surface area contributed by atoms with Crippen LogP contribution in [0.25, 0.3) is 0 Å². The van der Waals surface area contributed by atoms with E-state index in [0.29, 0.717) is 5.56 Å². The van der Waals surface area contributed by atoms with Crippen LogP contribution in [0.4, 0.5) is 4.39 Å². The first-order valence-corrected chi connectivity index (χ1v) is 6.01. The molecule has 0 saturated carbocycles. The number of hydrogen-bond donors (Lipinski definition) is 2. The molecule has 0 spiro atoms. The fourth-order valence-corrected chi connectivity index (χ4v) is 2.06. The Kier molecular flexibility index (Phi) is 3.97. The molecular formula is C12H14ClFN2O. The van der Waals surface area contributed by atoms with E-state index in [1.807, 2.05) is 0 Å². The predicted molar refractivity (Wildman–Crippen MR) is 64.8 cm³/mol. The van der Waals surface area contributed by atoms with Crippen LogP contribution in [-0.4, -0.2) is 25.0 Å². The molecule has 17 heavy (non-hydrogen) atoms. The van der Waals surface area contributed by atoms with Gasteiger partial charge in [-0.3, -0.25) is 4.79 Å². The number of amides is 1. The zero-order valence-electron chi connectivity index (χ0n) is 9.30. The number of benzene rings is 1. The topological polar surface area (TPSA) is 41.1 Å². The lowest BCUT2D eigenvalue weighted by atomic mass is 10.1. The number of piperidine rings is 1. The quantitative estimate of drug-likeness (QED) is 0.849. The van der Waals surface area contributed by atoms with Crippen LogP contribution in [-0.2, 0) is 0 Å². The summed E-state index contributed by atoms with van der Waals surface area (Å²) in [6.45, 7) is 1.77. The molecule has 1 amide bonds. The van der Waals surface area contributed by atoms with Crippen molar-refractivity contribution in [1.82, 2.24) is 10.6 Å². The van der Waals surface area contributed by atoms with Crippen molar-refractivity contribution in [3.63, 3.8) is 0 Å². The summed E-state index contributed by atoms with van der Waals surface area (Å²) in [6, 6.07) is 4.13. The molecule has 3 nitrogen and oxygen atoms in total. The zero-order chi connectivity index (χ0) is 12.3. The van der Waals surface area contributed by atoms with Gasteiger partial charge in [0.15, 0.2) is 0 Å². The van der Waals surface area contributed by atoms with E-state index in [9.17, 15) is 9.18 Å². The summed E-state index contributed by atoms with van der Waals surface area (Å²) in [5, 5.41) is 6.08. The van der Waals surface area contributed by atoms with Gasteiger partial charge in [0.2, 0.25) is 0 Å². The molecule has 1 fully saturated rings. The molecule has 92 valence electrons. The van der Waals surface area contributed by atoms with Gasteiger partial charge in [-0.05, 0) is 37.6 Å². The molecule has 1 saturated heterocycles. The Morgan fingerprint density at radius 3 is 3.00 bits per heavy atom. The first-order valence-electron chi connectivity index (χ1n) is 5.63. The number of halogens is 2. The third-order valence-corrected chi connectivity index (χ3v) is 3.10. The van der Waals surface area contributed by atoms with Crippen molar-refractivity contribution in [2.45, 2.75) is 18.9 Å². The van der Waals surface area contributed by atoms with Gasteiger partial charge in [0.05, 0.1) is 5.02 Å². The fourth-order valence-electron chi connectivity index (χ4n) is 1.88. The first-order chi connectivity index (χ1) is 8.16. The highest BCUT2D eigenvalue weighted by atomic mass is 35.5. The van der Waals surface area contributed by atoms with E-state index in [1.54, 1.807) is 0 Å². The molecule has 1 aromatic rings. The van der Waals surface area contributed by atoms with Crippen LogP contribution in [0.3, 0.4) is 0 Å². The molecule has 1 aromatic carbocycles. The van der Waals surface area contributed by atoms with Crippen LogP contribution >= 0.6 is 11.6 Å². The molecule has 0 bridgehead atoms. The molecule has 1 aliphatic heterocycles. The first kappa shape index (κ1) is 12.3. The lowest BCUT2D eigenvalue weighted by Gasteiger charge is -2.23. The van der Waals surface area contributed by atoms with Gasteiger partial charge in [0, 0.05) is 18.2 Å². The van der Waals surface area contributed by atoms with E-state index in [0.717, 1.165) is 25.9 Å². The average molecular weight is 257 g/mol. The molecule has 5 heteroatoms. The summed E-state index contributed by atoms with van der Waals surface area (Å²) in [5.41, 5.74) is 0.391. The Bertz CT molecular complexity index is 419. The van der Waals surface area contributed by atoms with Crippen molar-refractivity contribution in [1.29, 1.82) is 0 Å². The summed E-state index contributed by atoms with van der Waals surface area (Å²) >= 11 is 5.63. The van der Waals surface area contributed by atoms with E-state index < -0.39 is 5.82 Å². The largest absolute Gasteiger partial charge is 0.348 e. The van der Waals surface area contributed by atoms with Crippen LogP contribution < -0.4 is 10.6 Å². The number of rotatable bonds is 2. The molecule has 1 heterocycles. The maximum atomic E-state index is 12.9. The molecule has 0 aromatic heterocycles. The van der Waals surface area contributed by atoms with Crippen LogP contribution in [0.5, 0.6) is 0 Å². The second-order valence-corrected chi connectivity index (χ2v) is 4.55. The van der Waals surface area contributed by atoms with Crippen LogP contribution in [0, 0.1) is 5.82 Å². The number of nitrogens with one attached hydrogen (secondary N) is 2. The highest BCUT2D eigenvalue weighted by molar-refractivity contribution is 6.31. The minimum absolute atomic E-state index is 0.0283. The van der Waals surface area contributed by atoms with Crippen LogP contribution in [0.15, 0.2) is 18.2 Å². The maximum Gasteiger partial charge on any atom is 0.251 e. The summed E-state index contributed by atoms with van der Waals surface area (Å²) in [7, 11) is 0. The van der Waals surface area contributed by atoms with Crippen molar-refractivity contribution >= 4 is 17.5 Å². The third-order valence-electron chi connectivity index (χ3n) is 2.81. The van der Waals surface area contributed by atoms with Gasteiger partial charge >= 0.3 is 0 Å². The lowest BCUT2D eigenvalue weighted by molar-refractivity contribution is 0.0930. The molecule has 0 unspecified atom stereocenters. The number of hydrogen-bond acceptors (Lipinski definition) is 2. The van der Waals surface area contributed by atoms with Gasteiger partial charge in [-0.15, -0.1) is 0 Å². The second-order valence-electron chi connectivity index (χ2n) is 4.15. The number of carbonyl (C=O) groups is 1. The van der Waals surface area contributed by atoms with Gasteiger partial charge < -0.3 is 10.6 Å². The normalized spacial score (nSPS) is 20.0. The summed E-state index contributed by atoms with van der Waals surface area (Å²) in [5.74, 6) is -0.719. The van der Waals surface area contributed by atoms with Gasteiger partial charge in [-0.2, -0.15) is 0 Å². The Morgan fingerprint density at radius 2 is 2.35 bits per heavy atom. The Hall–Kier alpha value is -1.13. The summed E-state index contributed by atoms with van der Waals surface area (Å²) in [6.07, 6.45) is 2.02. The monoisotopic (exact) mass is 256 g/mol. The van der Waals surface area contributed by atoms with Crippen molar-refractivity contribution in [3.05, 3.63) is 34.6 Å². The highest BCUT2D eigenvalue weighted by Gasteiger charge is 2.16. The van der Waals surface area contributed by atoms with Gasteiger partial charge in [0.1, 0.15) is 5.82 Å². The molecule has 0 radical (unpaired) electrons. The van der Waals surface area contributed by atoms with E-state index in [4.69, 9.17) is 11.6 Å². The fraction of sp³-hybridized carbons (Fsp3) is 0.417. The minimum atomic E-state index is -0.512. The lowest BCUT2D eigenvalue weighted by Crippen LogP contribution is -2.45. The molecular weight excluding hydrogens is 243 g/mol. The third kappa shape index (κ3) is 3.17. The van der Waals surface area contributed by atoms with Crippen molar-refractivity contribution in [2.24, 2.45) is 0 Å². The van der Waals surface area contributed by atoms with Gasteiger partial charge in [0.25, 0.3) is 5.91 Å². The Morgan fingerprint density at radius 1 is 1.53 bits per heavy atom. The van der Waals surface area contributed by atoms with Crippen LogP contribution in [0.1, 0.15) is 23.2 Å². The van der Waals surface area contributed by atoms with E-state index in [2.05, 4.69) is 10.6 Å². The predicted octanol–water partition coefficient (Wildman–Crippen LogP) is 1.96. The van der Waals surface area contributed by atoms with E-state index >= 15 is 0 Å². The maximum absolute atomic E-state index is 12.9. The molecule has 1 atom stereocenters. The highest BCUT2D eigenvalue weighted by Crippen LogP contribution is 2.16. The van der Waals surface area contributed by atoms with Crippen molar-refractivity contribution < 1.29 is 9.18 Å². The summed E-state index contributed by atoms with van der Waals surface area (Å²) in [4.78, 5) is 11.9. The zero-order valence-corrected chi connectivity index (χ0v) is 10.1. The molecule has 0 aliphatic carbocycles. The van der Waals surface area contributed by atoms with Gasteiger partial charge in [-0.25, -0.2) is 4.39 Å². The van der Waals surface area contributed by atoms with Crippen LogP contribution in [0.2, 0.25) is 5.02 Å². The Labute approximate surface area is 104 Å². The van der Waals surface area contributed by atoms with E-state index in [1.165, 1.54) is 18.2 Å². The molecule has 2 N–H and O–H groups in total. The van der Waals surface area contributed by atoms with E-state index in [-0.39, 0.29) is 17.0 Å². The molecule has 2 rings (SSSR count). The van der Waals surface area contributed by atoms with Crippen molar-refractivity contribution in [3.8, 4) is 0 Å². The smallest absolute Gasteiger partial charge is 0.251 e. The summed E-state index contributed by atoms with van der Waals surface area (Å²) < 4.78 is 12.9. The second kappa shape index (κ2) is 5.47. The Balaban J connectivity index is 2.01. The number of carbonyl (C=O) groups excluding carboxylic acids is 1. The van der Waals surface area contributed by atoms with Crippen molar-refractivity contribution in [2.75, 3.05) is 13.1 Å². The van der Waals surface area contributed by atoms with Gasteiger partial charge in [-0.1, -0.05) is 11.6 Å². The standard InChI is InChI=1S/C12H14ClFN2O/c13-10-6-8(3-4-11(10)14)12(17)16-9-2-1-5-15-7-9/h3-4,6,9,15H,1-2,5,7H2,(H,16,17)/t9-/m1/s1. The minimum Gasteiger partial charge on any atom is -0.348 e. The molecule has 1 aliphatic rings.